The van der Waals surface area contributed by atoms with Gasteiger partial charge in [0.15, 0.2) is 0 Å². The number of imidazole rings is 1. The molecule has 6 nitrogen and oxygen atoms in total. The fourth-order valence-electron chi connectivity index (χ4n) is 5.81. The van der Waals surface area contributed by atoms with Crippen molar-refractivity contribution in [3.05, 3.63) is 88.4 Å². The number of anilines is 1. The quantitative estimate of drug-likeness (QED) is 0.520. The molecule has 2 aliphatic heterocycles. The Hall–Kier alpha value is -3.51. The first-order chi connectivity index (χ1) is 15.7. The van der Waals surface area contributed by atoms with E-state index >= 15 is 0 Å². The van der Waals surface area contributed by atoms with Gasteiger partial charge in [0.1, 0.15) is 11.6 Å². The van der Waals surface area contributed by atoms with Gasteiger partial charge in [-0.05, 0) is 59.7 Å². The van der Waals surface area contributed by atoms with Gasteiger partial charge < -0.3 is 10.3 Å². The minimum atomic E-state index is -0.533. The number of carbonyl (C=O) groups is 1. The molecule has 0 saturated heterocycles. The zero-order valence-electron chi connectivity index (χ0n) is 17.7. The van der Waals surface area contributed by atoms with Crippen molar-refractivity contribution in [2.24, 2.45) is 0 Å². The van der Waals surface area contributed by atoms with Crippen LogP contribution in [0.5, 0.6) is 0 Å². The first kappa shape index (κ1) is 18.1. The molecule has 4 heterocycles. The summed E-state index contributed by atoms with van der Waals surface area (Å²) in [5.41, 5.74) is 7.85. The summed E-state index contributed by atoms with van der Waals surface area (Å²) in [5.74, 6) is 1.77. The summed E-state index contributed by atoms with van der Waals surface area (Å²) in [6, 6.07) is 17.0. The van der Waals surface area contributed by atoms with Gasteiger partial charge in [0, 0.05) is 24.8 Å². The number of hydrogen-bond donors (Lipinski definition) is 2. The number of nitrogens with one attached hydrogen (secondary N) is 2. The van der Waals surface area contributed by atoms with E-state index in [0.29, 0.717) is 18.7 Å². The average molecular weight is 422 g/mol. The third-order valence-electron chi connectivity index (χ3n) is 7.41. The van der Waals surface area contributed by atoms with Gasteiger partial charge >= 0.3 is 0 Å². The lowest BCUT2D eigenvalue weighted by atomic mass is 9.79. The molecule has 1 aliphatic carbocycles. The van der Waals surface area contributed by atoms with Crippen molar-refractivity contribution >= 4 is 22.8 Å². The van der Waals surface area contributed by atoms with Crippen molar-refractivity contribution in [1.82, 2.24) is 19.9 Å². The maximum absolute atomic E-state index is 12.9. The van der Waals surface area contributed by atoms with Gasteiger partial charge in [0.2, 0.25) is 5.91 Å². The molecule has 3 aliphatic rings. The summed E-state index contributed by atoms with van der Waals surface area (Å²) < 4.78 is 0. The highest BCUT2D eigenvalue weighted by molar-refractivity contribution is 6.06. The van der Waals surface area contributed by atoms with Crippen molar-refractivity contribution in [3.8, 4) is 0 Å². The fourth-order valence-corrected chi connectivity index (χ4v) is 5.81. The third kappa shape index (κ3) is 2.59. The monoisotopic (exact) mass is 421 g/mol. The largest absolute Gasteiger partial charge is 0.341 e. The second kappa shape index (κ2) is 6.50. The molecule has 1 unspecified atom stereocenters. The zero-order chi connectivity index (χ0) is 21.3. The lowest BCUT2D eigenvalue weighted by molar-refractivity contribution is -0.120. The first-order valence-electron chi connectivity index (χ1n) is 11.2. The number of benzene rings is 2. The van der Waals surface area contributed by atoms with Gasteiger partial charge in [0.05, 0.1) is 23.0 Å². The predicted molar refractivity (Wildman–Crippen MR) is 122 cm³/mol. The maximum Gasteiger partial charge on any atom is 0.237 e. The number of hydrogen-bond acceptors (Lipinski definition) is 4. The standard InChI is InChI=1S/C26H23N5O/c32-25-26(20-6-3-8-27-24(20)30-25)12-18-10-21-22(11-19(18)13-26)29-23(28-21)15-31-9-7-16-4-1-2-5-17(16)14-31/h1-6,8,10-11H,7,9,12-15H2,(H,28,29)(H,27,30,32). The summed E-state index contributed by atoms with van der Waals surface area (Å²) in [6.07, 6.45) is 4.23. The normalized spacial score (nSPS) is 18.6. The molecule has 32 heavy (non-hydrogen) atoms. The van der Waals surface area contributed by atoms with E-state index in [1.165, 1.54) is 22.3 Å². The van der Waals surface area contributed by atoms with Crippen LogP contribution >= 0.6 is 0 Å². The van der Waals surface area contributed by atoms with Gasteiger partial charge in [-0.2, -0.15) is 0 Å². The van der Waals surface area contributed by atoms with E-state index in [9.17, 15) is 4.79 Å². The molecular weight excluding hydrogens is 398 g/mol. The molecule has 1 amide bonds. The second-order valence-electron chi connectivity index (χ2n) is 9.34. The van der Waals surface area contributed by atoms with Crippen molar-refractivity contribution in [2.75, 3.05) is 11.9 Å². The van der Waals surface area contributed by atoms with Crippen LogP contribution in [-0.2, 0) is 42.6 Å². The number of rotatable bonds is 2. The molecule has 1 spiro atoms. The molecule has 2 aromatic carbocycles. The second-order valence-corrected chi connectivity index (χ2v) is 9.34. The number of fused-ring (bicyclic) bond motifs is 5. The molecule has 1 atom stereocenters. The topological polar surface area (TPSA) is 73.9 Å². The highest BCUT2D eigenvalue weighted by Crippen LogP contribution is 2.47. The summed E-state index contributed by atoms with van der Waals surface area (Å²) in [5, 5.41) is 2.98. The predicted octanol–water partition coefficient (Wildman–Crippen LogP) is 3.50. The number of H-pyrrole nitrogens is 1. The Morgan fingerprint density at radius 2 is 1.84 bits per heavy atom. The Labute approximate surface area is 185 Å². The van der Waals surface area contributed by atoms with E-state index < -0.39 is 5.41 Å². The third-order valence-corrected chi connectivity index (χ3v) is 7.41. The van der Waals surface area contributed by atoms with Gasteiger partial charge in [-0.15, -0.1) is 0 Å². The Kier molecular flexibility index (Phi) is 3.67. The van der Waals surface area contributed by atoms with Crippen molar-refractivity contribution in [2.45, 2.75) is 37.8 Å². The van der Waals surface area contributed by atoms with E-state index in [4.69, 9.17) is 4.98 Å². The number of nitrogens with zero attached hydrogens (tertiary/aromatic N) is 3. The number of amides is 1. The Balaban J connectivity index is 1.17. The van der Waals surface area contributed by atoms with Crippen LogP contribution in [0, 0.1) is 0 Å². The molecule has 4 aromatic rings. The number of pyridine rings is 1. The highest BCUT2D eigenvalue weighted by Gasteiger charge is 2.51. The number of aromatic amines is 1. The van der Waals surface area contributed by atoms with Crippen LogP contribution in [0.25, 0.3) is 11.0 Å². The lowest BCUT2D eigenvalue weighted by Crippen LogP contribution is -2.35. The fraction of sp³-hybridized carbons (Fsp3) is 0.269. The van der Waals surface area contributed by atoms with Crippen LogP contribution in [0.15, 0.2) is 54.7 Å². The van der Waals surface area contributed by atoms with Crippen molar-refractivity contribution in [3.63, 3.8) is 0 Å². The molecule has 7 rings (SSSR count). The zero-order valence-corrected chi connectivity index (χ0v) is 17.7. The van der Waals surface area contributed by atoms with Crippen LogP contribution in [0.3, 0.4) is 0 Å². The van der Waals surface area contributed by atoms with Crippen LogP contribution in [0.4, 0.5) is 5.82 Å². The van der Waals surface area contributed by atoms with E-state index in [2.05, 4.69) is 56.6 Å². The number of aromatic nitrogens is 3. The summed E-state index contributed by atoms with van der Waals surface area (Å²) in [7, 11) is 0. The smallest absolute Gasteiger partial charge is 0.237 e. The minimum absolute atomic E-state index is 0.0603. The van der Waals surface area contributed by atoms with Gasteiger partial charge in [-0.25, -0.2) is 9.97 Å². The molecule has 158 valence electrons. The molecule has 0 radical (unpaired) electrons. The van der Waals surface area contributed by atoms with Gasteiger partial charge in [0.25, 0.3) is 0 Å². The first-order valence-corrected chi connectivity index (χ1v) is 11.2. The van der Waals surface area contributed by atoms with Crippen LogP contribution in [0.2, 0.25) is 0 Å². The molecule has 6 heteroatoms. The summed E-state index contributed by atoms with van der Waals surface area (Å²) >= 11 is 0. The van der Waals surface area contributed by atoms with Crippen molar-refractivity contribution < 1.29 is 4.79 Å². The number of carbonyl (C=O) groups excluding carboxylic acids is 1. The molecule has 0 saturated carbocycles. The van der Waals surface area contributed by atoms with E-state index in [1.807, 2.05) is 12.1 Å². The van der Waals surface area contributed by atoms with Gasteiger partial charge in [-0.1, -0.05) is 30.3 Å². The van der Waals surface area contributed by atoms with E-state index in [0.717, 1.165) is 48.5 Å². The van der Waals surface area contributed by atoms with Crippen molar-refractivity contribution in [1.29, 1.82) is 0 Å². The molecule has 2 N–H and O–H groups in total. The Bertz CT molecular complexity index is 1360. The van der Waals surface area contributed by atoms with E-state index in [1.54, 1.807) is 6.20 Å². The highest BCUT2D eigenvalue weighted by atomic mass is 16.2. The lowest BCUT2D eigenvalue weighted by Gasteiger charge is -2.27. The Morgan fingerprint density at radius 1 is 1.00 bits per heavy atom. The van der Waals surface area contributed by atoms with Crippen LogP contribution in [0.1, 0.15) is 33.6 Å². The summed E-state index contributed by atoms with van der Waals surface area (Å²) in [4.78, 5) is 28.2. The molecule has 0 fully saturated rings. The Morgan fingerprint density at radius 3 is 2.75 bits per heavy atom. The van der Waals surface area contributed by atoms with Crippen LogP contribution in [-0.4, -0.2) is 32.3 Å². The maximum atomic E-state index is 12.9. The molecular formula is C26H23N5O. The molecule has 2 aromatic heterocycles. The SMILES string of the molecule is O=C1Nc2ncccc2C12Cc1cc3nc(CN4CCc5ccccc5C4)[nH]c3cc1C2. The van der Waals surface area contributed by atoms with Crippen LogP contribution < -0.4 is 5.32 Å². The minimum Gasteiger partial charge on any atom is -0.341 e. The average Bonchev–Trinajstić information content (AvgIpc) is 3.45. The van der Waals surface area contributed by atoms with E-state index in [-0.39, 0.29) is 5.91 Å². The van der Waals surface area contributed by atoms with Gasteiger partial charge in [-0.3, -0.25) is 9.69 Å². The summed E-state index contributed by atoms with van der Waals surface area (Å²) in [6.45, 7) is 2.84. The molecule has 0 bridgehead atoms.